The number of hydrogen-bond acceptors (Lipinski definition) is 4. The lowest BCUT2D eigenvalue weighted by Crippen LogP contribution is -2.39. The zero-order valence-electron chi connectivity index (χ0n) is 9.82. The van der Waals surface area contributed by atoms with Gasteiger partial charge in [0.15, 0.2) is 6.10 Å². The van der Waals surface area contributed by atoms with Gasteiger partial charge in [-0.15, -0.1) is 0 Å². The molecule has 0 aliphatic carbocycles. The molecule has 1 heterocycles. The van der Waals surface area contributed by atoms with E-state index in [1.165, 1.54) is 0 Å². The number of hydrazine groups is 1. The van der Waals surface area contributed by atoms with Gasteiger partial charge in [-0.2, -0.15) is 0 Å². The van der Waals surface area contributed by atoms with Gasteiger partial charge in [-0.05, 0) is 24.6 Å². The molecule has 3 amide bonds. The molecule has 7 heteroatoms. The van der Waals surface area contributed by atoms with Gasteiger partial charge in [-0.3, -0.25) is 10.2 Å². The van der Waals surface area contributed by atoms with Gasteiger partial charge in [0.1, 0.15) is 5.75 Å². The van der Waals surface area contributed by atoms with Crippen LogP contribution in [0.25, 0.3) is 0 Å². The number of carbonyl (C=O) groups is 2. The fraction of sp³-hybridized carbons (Fsp3) is 0.273. The molecule has 1 atom stereocenters. The highest BCUT2D eigenvalue weighted by molar-refractivity contribution is 5.97. The minimum Gasteiger partial charge on any atom is -0.479 e. The van der Waals surface area contributed by atoms with Gasteiger partial charge in [-0.25, -0.2) is 10.6 Å². The largest absolute Gasteiger partial charge is 0.479 e. The summed E-state index contributed by atoms with van der Waals surface area (Å²) in [6, 6.07) is 4.83. The first-order valence-electron chi connectivity index (χ1n) is 5.45. The maximum atomic E-state index is 11.4. The third-order valence-electron chi connectivity index (χ3n) is 2.56. The highest BCUT2D eigenvalue weighted by Crippen LogP contribution is 2.30. The number of urea groups is 1. The van der Waals surface area contributed by atoms with E-state index >= 15 is 0 Å². The molecule has 0 fully saturated rings. The van der Waals surface area contributed by atoms with Crippen LogP contribution >= 0.6 is 0 Å². The number of rotatable bonds is 2. The van der Waals surface area contributed by atoms with Gasteiger partial charge in [-0.1, -0.05) is 6.07 Å². The van der Waals surface area contributed by atoms with Gasteiger partial charge in [0.2, 0.25) is 0 Å². The van der Waals surface area contributed by atoms with E-state index in [0.29, 0.717) is 18.0 Å². The maximum absolute atomic E-state index is 11.4. The highest BCUT2D eigenvalue weighted by Gasteiger charge is 2.23. The standard InChI is InChI=1S/C11H14N4O3/c1-6-10(16)14-8-4-7(2-3-9(8)18-6)5-13-11(17)15-12/h2-4,6H,5,12H2,1H3,(H,14,16)(H2,13,15,17). The van der Waals surface area contributed by atoms with Crippen LogP contribution in [0.4, 0.5) is 10.5 Å². The minimum absolute atomic E-state index is 0.188. The van der Waals surface area contributed by atoms with E-state index in [1.807, 2.05) is 5.43 Å². The number of anilines is 1. The number of nitrogens with two attached hydrogens (primary N) is 1. The van der Waals surface area contributed by atoms with Crippen molar-refractivity contribution >= 4 is 17.6 Å². The molecule has 2 rings (SSSR count). The summed E-state index contributed by atoms with van der Waals surface area (Å²) in [6.45, 7) is 1.99. The van der Waals surface area contributed by atoms with Crippen molar-refractivity contribution in [3.63, 3.8) is 0 Å². The second kappa shape index (κ2) is 4.92. The molecule has 0 radical (unpaired) electrons. The molecule has 1 aliphatic rings. The summed E-state index contributed by atoms with van der Waals surface area (Å²) >= 11 is 0. The van der Waals surface area contributed by atoms with E-state index in [-0.39, 0.29) is 5.91 Å². The van der Waals surface area contributed by atoms with Crippen molar-refractivity contribution < 1.29 is 14.3 Å². The third kappa shape index (κ3) is 2.51. The number of nitrogens with one attached hydrogen (secondary N) is 3. The predicted octanol–water partition coefficient (Wildman–Crippen LogP) is 0.0789. The minimum atomic E-state index is -0.496. The summed E-state index contributed by atoms with van der Waals surface area (Å²) in [7, 11) is 0. The molecule has 1 aliphatic heterocycles. The Balaban J connectivity index is 2.10. The third-order valence-corrected chi connectivity index (χ3v) is 2.56. The van der Waals surface area contributed by atoms with E-state index in [0.717, 1.165) is 5.56 Å². The van der Waals surface area contributed by atoms with Crippen molar-refractivity contribution in [2.75, 3.05) is 5.32 Å². The molecule has 7 nitrogen and oxygen atoms in total. The summed E-state index contributed by atoms with van der Waals surface area (Å²) in [5.41, 5.74) is 3.40. The van der Waals surface area contributed by atoms with Crippen LogP contribution in [0.15, 0.2) is 18.2 Å². The molecule has 96 valence electrons. The Labute approximate surface area is 104 Å². The van der Waals surface area contributed by atoms with E-state index in [1.54, 1.807) is 25.1 Å². The van der Waals surface area contributed by atoms with Crippen molar-refractivity contribution in [1.82, 2.24) is 10.7 Å². The van der Waals surface area contributed by atoms with Crippen LogP contribution in [0, 0.1) is 0 Å². The number of benzene rings is 1. The number of fused-ring (bicyclic) bond motifs is 1. The number of carbonyl (C=O) groups excluding carboxylic acids is 2. The van der Waals surface area contributed by atoms with Gasteiger partial charge in [0.05, 0.1) is 5.69 Å². The van der Waals surface area contributed by atoms with Crippen molar-refractivity contribution in [3.8, 4) is 5.75 Å². The second-order valence-corrected chi connectivity index (χ2v) is 3.91. The second-order valence-electron chi connectivity index (χ2n) is 3.91. The average Bonchev–Trinajstić information content (AvgIpc) is 2.37. The summed E-state index contributed by atoms with van der Waals surface area (Å²) in [6.07, 6.45) is -0.496. The van der Waals surface area contributed by atoms with Gasteiger partial charge in [0.25, 0.3) is 5.91 Å². The van der Waals surface area contributed by atoms with E-state index in [4.69, 9.17) is 10.6 Å². The molecule has 1 aromatic carbocycles. The molecule has 0 saturated carbocycles. The molecule has 1 unspecified atom stereocenters. The molecule has 1 aromatic rings. The first-order chi connectivity index (χ1) is 8.60. The van der Waals surface area contributed by atoms with Crippen molar-refractivity contribution in [2.24, 2.45) is 5.84 Å². The average molecular weight is 250 g/mol. The van der Waals surface area contributed by atoms with Crippen molar-refractivity contribution in [1.29, 1.82) is 0 Å². The molecule has 5 N–H and O–H groups in total. The Bertz CT molecular complexity index is 489. The van der Waals surface area contributed by atoms with Crippen molar-refractivity contribution in [2.45, 2.75) is 19.6 Å². The van der Waals surface area contributed by atoms with Crippen LogP contribution in [0.2, 0.25) is 0 Å². The van der Waals surface area contributed by atoms with E-state index < -0.39 is 12.1 Å². The van der Waals surface area contributed by atoms with Crippen LogP contribution < -0.4 is 26.6 Å². The normalized spacial score (nSPS) is 17.2. The van der Waals surface area contributed by atoms with Crippen LogP contribution in [0.1, 0.15) is 12.5 Å². The zero-order chi connectivity index (χ0) is 13.1. The van der Waals surface area contributed by atoms with Gasteiger partial charge in [0, 0.05) is 6.54 Å². The summed E-state index contributed by atoms with van der Waals surface area (Å²) in [4.78, 5) is 22.4. The lowest BCUT2D eigenvalue weighted by Gasteiger charge is -2.23. The monoisotopic (exact) mass is 250 g/mol. The molecular weight excluding hydrogens is 236 g/mol. The van der Waals surface area contributed by atoms with Gasteiger partial charge >= 0.3 is 6.03 Å². The smallest absolute Gasteiger partial charge is 0.329 e. The summed E-state index contributed by atoms with van der Waals surface area (Å²) < 4.78 is 5.41. The Kier molecular flexibility index (Phi) is 3.33. The molecule has 18 heavy (non-hydrogen) atoms. The maximum Gasteiger partial charge on any atom is 0.329 e. The molecule has 0 spiro atoms. The topological polar surface area (TPSA) is 105 Å². The van der Waals surface area contributed by atoms with E-state index in [2.05, 4.69) is 10.6 Å². The predicted molar refractivity (Wildman–Crippen MR) is 64.7 cm³/mol. The molecule has 0 saturated heterocycles. The molecule has 0 bridgehead atoms. The fourth-order valence-electron chi connectivity index (χ4n) is 1.60. The van der Waals surface area contributed by atoms with Crippen molar-refractivity contribution in [3.05, 3.63) is 23.8 Å². The Hall–Kier alpha value is -2.28. The fourth-order valence-corrected chi connectivity index (χ4v) is 1.60. The molecular formula is C11H14N4O3. The number of amides is 3. The Morgan fingerprint density at radius 3 is 3.06 bits per heavy atom. The molecule has 0 aromatic heterocycles. The number of hydrogen-bond donors (Lipinski definition) is 4. The van der Waals surface area contributed by atoms with Crippen LogP contribution in [-0.4, -0.2) is 18.0 Å². The lowest BCUT2D eigenvalue weighted by atomic mass is 10.1. The summed E-state index contributed by atoms with van der Waals surface area (Å²) in [5.74, 6) is 5.37. The Morgan fingerprint density at radius 1 is 1.56 bits per heavy atom. The quantitative estimate of drug-likeness (QED) is 0.339. The van der Waals surface area contributed by atoms with Crippen LogP contribution in [0.5, 0.6) is 5.75 Å². The highest BCUT2D eigenvalue weighted by atomic mass is 16.5. The SMILES string of the molecule is CC1Oc2ccc(CNC(=O)NN)cc2NC1=O. The van der Waals surface area contributed by atoms with Gasteiger partial charge < -0.3 is 15.4 Å². The first-order valence-corrected chi connectivity index (χ1v) is 5.45. The van der Waals surface area contributed by atoms with Crippen LogP contribution in [0.3, 0.4) is 0 Å². The lowest BCUT2D eigenvalue weighted by molar-refractivity contribution is -0.122. The summed E-state index contributed by atoms with van der Waals surface area (Å²) in [5, 5.41) is 5.28. The Morgan fingerprint density at radius 2 is 2.33 bits per heavy atom. The number of ether oxygens (including phenoxy) is 1. The zero-order valence-corrected chi connectivity index (χ0v) is 9.82. The first kappa shape index (κ1) is 12.2. The van der Waals surface area contributed by atoms with Crippen LogP contribution in [-0.2, 0) is 11.3 Å². The van der Waals surface area contributed by atoms with E-state index in [9.17, 15) is 9.59 Å².